The summed E-state index contributed by atoms with van der Waals surface area (Å²) in [6.45, 7) is 1.05. The third kappa shape index (κ3) is 4.03. The summed E-state index contributed by atoms with van der Waals surface area (Å²) >= 11 is 3.52. The molecule has 0 radical (unpaired) electrons. The highest BCUT2D eigenvalue weighted by Gasteiger charge is 2.34. The highest BCUT2D eigenvalue weighted by molar-refractivity contribution is 9.10. The number of nitrogens with zero attached hydrogens (tertiary/aromatic N) is 5. The largest absolute Gasteiger partial charge is 0.383 e. The highest BCUT2D eigenvalue weighted by atomic mass is 79.9. The van der Waals surface area contributed by atoms with Crippen molar-refractivity contribution in [1.82, 2.24) is 30.0 Å². The van der Waals surface area contributed by atoms with Crippen molar-refractivity contribution in [3.8, 4) is 5.69 Å². The first-order valence-corrected chi connectivity index (χ1v) is 11.2. The van der Waals surface area contributed by atoms with E-state index in [1.54, 1.807) is 24.2 Å². The van der Waals surface area contributed by atoms with Crippen molar-refractivity contribution in [2.75, 3.05) is 25.6 Å². The van der Waals surface area contributed by atoms with Crippen LogP contribution in [0.3, 0.4) is 0 Å². The van der Waals surface area contributed by atoms with E-state index < -0.39 is 0 Å². The Balaban J connectivity index is 1.34. The van der Waals surface area contributed by atoms with Crippen molar-refractivity contribution in [2.45, 2.75) is 18.9 Å². The number of aromatic nitrogens is 5. The van der Waals surface area contributed by atoms with E-state index in [0.29, 0.717) is 29.4 Å². The van der Waals surface area contributed by atoms with Gasteiger partial charge in [0.25, 0.3) is 0 Å². The number of carbonyl (C=O) groups excluding carboxylic acids is 1. The Morgan fingerprint density at radius 2 is 2.16 bits per heavy atom. The first-order chi connectivity index (χ1) is 15.6. The fourth-order valence-electron chi connectivity index (χ4n) is 3.87. The van der Waals surface area contributed by atoms with Gasteiger partial charge in [-0.25, -0.2) is 9.67 Å². The number of rotatable bonds is 7. The average Bonchev–Trinajstić information content (AvgIpc) is 3.11. The minimum absolute atomic E-state index is 0.0129. The van der Waals surface area contributed by atoms with E-state index in [2.05, 4.69) is 41.6 Å². The predicted octanol–water partition coefficient (Wildman–Crippen LogP) is 3.08. The molecule has 10 heteroatoms. The van der Waals surface area contributed by atoms with E-state index in [4.69, 9.17) is 9.72 Å². The molecule has 0 saturated heterocycles. The topological polar surface area (TPSA) is 107 Å². The van der Waals surface area contributed by atoms with E-state index in [-0.39, 0.29) is 17.9 Å². The summed E-state index contributed by atoms with van der Waals surface area (Å²) in [5, 5.41) is 12.7. The molecule has 1 aliphatic carbocycles. The zero-order chi connectivity index (χ0) is 22.1. The van der Waals surface area contributed by atoms with Gasteiger partial charge in [-0.05, 0) is 53.0 Å². The molecule has 0 spiro atoms. The number of halogens is 1. The van der Waals surface area contributed by atoms with Crippen LogP contribution >= 0.6 is 15.9 Å². The Morgan fingerprint density at radius 1 is 1.28 bits per heavy atom. The van der Waals surface area contributed by atoms with Crippen LogP contribution in [0.15, 0.2) is 47.3 Å². The number of pyridine rings is 1. The molecule has 32 heavy (non-hydrogen) atoms. The summed E-state index contributed by atoms with van der Waals surface area (Å²) in [5.74, 6) is 0.611. The van der Waals surface area contributed by atoms with Gasteiger partial charge in [0.2, 0.25) is 11.9 Å². The minimum Gasteiger partial charge on any atom is -0.383 e. The third-order valence-electron chi connectivity index (χ3n) is 5.66. The van der Waals surface area contributed by atoms with Crippen molar-refractivity contribution in [3.05, 3.63) is 47.3 Å². The number of carbonyl (C=O) groups is 1. The average molecular weight is 496 g/mol. The van der Waals surface area contributed by atoms with Gasteiger partial charge in [0.15, 0.2) is 5.65 Å². The standard InChI is InChI=1S/C22H22BrN7O2/c1-32-8-7-25-21(31)14-9-15(10-14)27-22-26-12-17-19(23)29-30(20(17)28-22)16-4-5-18-13(11-16)3-2-6-24-18/h2-6,11-12,14-15H,7-10H2,1H3,(H,25,31)(H,26,27,28). The number of anilines is 1. The third-order valence-corrected chi connectivity index (χ3v) is 6.24. The van der Waals surface area contributed by atoms with E-state index >= 15 is 0 Å². The van der Waals surface area contributed by atoms with Crippen LogP contribution in [0.2, 0.25) is 0 Å². The first-order valence-electron chi connectivity index (χ1n) is 10.4. The Hall–Kier alpha value is -3.11. The number of hydrogen-bond acceptors (Lipinski definition) is 7. The fourth-order valence-corrected chi connectivity index (χ4v) is 4.30. The molecule has 0 bridgehead atoms. The molecular weight excluding hydrogens is 474 g/mol. The van der Waals surface area contributed by atoms with Crippen molar-refractivity contribution in [1.29, 1.82) is 0 Å². The number of methoxy groups -OCH3 is 1. The van der Waals surface area contributed by atoms with Gasteiger partial charge >= 0.3 is 0 Å². The highest BCUT2D eigenvalue weighted by Crippen LogP contribution is 2.31. The summed E-state index contributed by atoms with van der Waals surface area (Å²) < 4.78 is 7.45. The molecule has 1 fully saturated rings. The van der Waals surface area contributed by atoms with Crippen LogP contribution in [0.1, 0.15) is 12.8 Å². The number of benzene rings is 1. The molecular formula is C22H22BrN7O2. The number of hydrogen-bond donors (Lipinski definition) is 2. The van der Waals surface area contributed by atoms with E-state index in [1.807, 2.05) is 30.3 Å². The maximum absolute atomic E-state index is 12.1. The molecule has 1 saturated carbocycles. The van der Waals surface area contributed by atoms with Gasteiger partial charge in [-0.2, -0.15) is 10.1 Å². The molecule has 3 heterocycles. The van der Waals surface area contributed by atoms with Gasteiger partial charge in [0.05, 0.1) is 23.2 Å². The first kappa shape index (κ1) is 20.8. The van der Waals surface area contributed by atoms with Gasteiger partial charge in [0, 0.05) is 43.4 Å². The minimum atomic E-state index is 0.0129. The molecule has 1 amide bonds. The lowest BCUT2D eigenvalue weighted by atomic mass is 9.79. The summed E-state index contributed by atoms with van der Waals surface area (Å²) in [5.41, 5.74) is 2.52. The lowest BCUT2D eigenvalue weighted by molar-refractivity contribution is -0.127. The second kappa shape index (κ2) is 8.79. The molecule has 0 aliphatic heterocycles. The quantitative estimate of drug-likeness (QED) is 0.379. The monoisotopic (exact) mass is 495 g/mol. The molecule has 3 aromatic heterocycles. The van der Waals surface area contributed by atoms with Gasteiger partial charge in [-0.1, -0.05) is 6.07 Å². The van der Waals surface area contributed by atoms with E-state index in [0.717, 1.165) is 34.8 Å². The molecule has 1 aliphatic rings. The molecule has 1 aromatic carbocycles. The normalized spacial score (nSPS) is 17.9. The Bertz CT molecular complexity index is 1290. The summed E-state index contributed by atoms with van der Waals surface area (Å²) in [7, 11) is 1.62. The van der Waals surface area contributed by atoms with Crippen molar-refractivity contribution >= 4 is 49.7 Å². The van der Waals surface area contributed by atoms with Gasteiger partial charge in [-0.15, -0.1) is 0 Å². The molecule has 2 N–H and O–H groups in total. The summed E-state index contributed by atoms with van der Waals surface area (Å²) in [6.07, 6.45) is 5.04. The Labute approximate surface area is 192 Å². The maximum atomic E-state index is 12.1. The van der Waals surface area contributed by atoms with Crippen molar-refractivity contribution < 1.29 is 9.53 Å². The van der Waals surface area contributed by atoms with Gasteiger partial charge in [0.1, 0.15) is 4.60 Å². The van der Waals surface area contributed by atoms with Crippen LogP contribution in [0.4, 0.5) is 5.95 Å². The van der Waals surface area contributed by atoms with E-state index in [1.165, 1.54) is 0 Å². The molecule has 5 rings (SSSR count). The van der Waals surface area contributed by atoms with Crippen molar-refractivity contribution in [2.24, 2.45) is 5.92 Å². The van der Waals surface area contributed by atoms with Crippen LogP contribution in [0, 0.1) is 5.92 Å². The van der Waals surface area contributed by atoms with Gasteiger partial charge in [-0.3, -0.25) is 9.78 Å². The molecule has 164 valence electrons. The zero-order valence-electron chi connectivity index (χ0n) is 17.5. The lowest BCUT2D eigenvalue weighted by Crippen LogP contribution is -2.45. The molecule has 0 atom stereocenters. The number of ether oxygens (including phenoxy) is 1. The number of fused-ring (bicyclic) bond motifs is 2. The summed E-state index contributed by atoms with van der Waals surface area (Å²) in [6, 6.07) is 10.1. The second-order valence-corrected chi connectivity index (χ2v) is 8.56. The Morgan fingerprint density at radius 3 is 3.00 bits per heavy atom. The number of amides is 1. The van der Waals surface area contributed by atoms with E-state index in [9.17, 15) is 4.79 Å². The fraction of sp³-hybridized carbons (Fsp3) is 0.318. The van der Waals surface area contributed by atoms with Crippen LogP contribution in [-0.4, -0.2) is 56.9 Å². The second-order valence-electron chi connectivity index (χ2n) is 7.81. The van der Waals surface area contributed by atoms with Crippen molar-refractivity contribution in [3.63, 3.8) is 0 Å². The van der Waals surface area contributed by atoms with Crippen LogP contribution < -0.4 is 10.6 Å². The summed E-state index contributed by atoms with van der Waals surface area (Å²) in [4.78, 5) is 25.7. The lowest BCUT2D eigenvalue weighted by Gasteiger charge is -2.34. The van der Waals surface area contributed by atoms with Crippen LogP contribution in [0.25, 0.3) is 27.6 Å². The number of nitrogens with one attached hydrogen (secondary N) is 2. The maximum Gasteiger partial charge on any atom is 0.224 e. The zero-order valence-corrected chi connectivity index (χ0v) is 19.0. The SMILES string of the molecule is COCCNC(=O)C1CC(Nc2ncc3c(Br)nn(-c4ccc5ncccc5c4)c3n2)C1. The molecule has 4 aromatic rings. The van der Waals surface area contributed by atoms with Crippen LogP contribution in [0.5, 0.6) is 0 Å². The molecule has 9 nitrogen and oxygen atoms in total. The van der Waals surface area contributed by atoms with Gasteiger partial charge < -0.3 is 15.4 Å². The molecule has 0 unspecified atom stereocenters. The smallest absolute Gasteiger partial charge is 0.224 e. The predicted molar refractivity (Wildman–Crippen MR) is 125 cm³/mol. The Kier molecular flexibility index (Phi) is 5.71. The van der Waals surface area contributed by atoms with Crippen LogP contribution in [-0.2, 0) is 9.53 Å².